The Hall–Kier alpha value is -1.81. The van der Waals surface area contributed by atoms with E-state index in [1.54, 1.807) is 0 Å². The highest BCUT2D eigenvalue weighted by atomic mass is 16.5. The van der Waals surface area contributed by atoms with Crippen molar-refractivity contribution in [2.24, 2.45) is 11.8 Å². The summed E-state index contributed by atoms with van der Waals surface area (Å²) in [6, 6.07) is 6.52. The van der Waals surface area contributed by atoms with Crippen molar-refractivity contribution < 1.29 is 14.3 Å². The summed E-state index contributed by atoms with van der Waals surface area (Å²) in [5, 5.41) is 0. The van der Waals surface area contributed by atoms with Gasteiger partial charge in [0.15, 0.2) is 0 Å². The van der Waals surface area contributed by atoms with Crippen LogP contribution >= 0.6 is 0 Å². The Labute approximate surface area is 175 Å². The van der Waals surface area contributed by atoms with Gasteiger partial charge in [-0.2, -0.15) is 0 Å². The van der Waals surface area contributed by atoms with Crippen LogP contribution in [-0.4, -0.2) is 30.6 Å². The fraction of sp³-hybridized carbons (Fsp3) is 0.640. The number of carbonyl (C=O) groups excluding carboxylic acids is 1. The van der Waals surface area contributed by atoms with Crippen molar-refractivity contribution in [1.82, 2.24) is 4.90 Å². The molecule has 0 bridgehead atoms. The minimum absolute atomic E-state index is 0.128. The first kappa shape index (κ1) is 20.5. The molecule has 2 unspecified atom stereocenters. The molecule has 4 nitrogen and oxygen atoms in total. The SMILES string of the molecule is CCOC(c1ccc2c(c1)CN(C(=O)C1CC=CCC1)CCO2)C1CCCCC1. The van der Waals surface area contributed by atoms with Crippen molar-refractivity contribution in [2.45, 2.75) is 70.9 Å². The van der Waals surface area contributed by atoms with Crippen molar-refractivity contribution in [3.8, 4) is 5.75 Å². The van der Waals surface area contributed by atoms with Crippen LogP contribution in [0.25, 0.3) is 0 Å². The molecule has 2 atom stereocenters. The van der Waals surface area contributed by atoms with Crippen LogP contribution in [0.4, 0.5) is 0 Å². The Bertz CT molecular complexity index is 723. The number of benzene rings is 1. The molecule has 29 heavy (non-hydrogen) atoms. The minimum atomic E-state index is 0.128. The lowest BCUT2D eigenvalue weighted by Crippen LogP contribution is -2.37. The Morgan fingerprint density at radius 1 is 1.21 bits per heavy atom. The Kier molecular flexibility index (Phi) is 6.91. The maximum atomic E-state index is 13.1. The molecule has 1 saturated carbocycles. The van der Waals surface area contributed by atoms with E-state index in [1.165, 1.54) is 37.7 Å². The lowest BCUT2D eigenvalue weighted by molar-refractivity contribution is -0.136. The zero-order valence-electron chi connectivity index (χ0n) is 17.8. The third kappa shape index (κ3) is 4.85. The number of amides is 1. The van der Waals surface area contributed by atoms with Gasteiger partial charge in [0.05, 0.1) is 12.6 Å². The molecule has 3 aliphatic rings. The van der Waals surface area contributed by atoms with Gasteiger partial charge in [0.2, 0.25) is 5.91 Å². The van der Waals surface area contributed by atoms with Gasteiger partial charge >= 0.3 is 0 Å². The predicted molar refractivity (Wildman–Crippen MR) is 115 cm³/mol. The van der Waals surface area contributed by atoms with Gasteiger partial charge in [-0.15, -0.1) is 0 Å². The molecule has 0 saturated heterocycles. The van der Waals surface area contributed by atoms with Crippen LogP contribution in [0.5, 0.6) is 5.75 Å². The van der Waals surface area contributed by atoms with Gasteiger partial charge in [0.1, 0.15) is 12.4 Å². The number of ether oxygens (including phenoxy) is 2. The molecule has 1 aromatic rings. The molecular weight excluding hydrogens is 362 g/mol. The smallest absolute Gasteiger partial charge is 0.226 e. The molecule has 2 aliphatic carbocycles. The number of allylic oxidation sites excluding steroid dienone is 2. The zero-order valence-corrected chi connectivity index (χ0v) is 17.8. The average molecular weight is 398 g/mol. The summed E-state index contributed by atoms with van der Waals surface area (Å²) < 4.78 is 12.2. The highest BCUT2D eigenvalue weighted by Gasteiger charge is 2.29. The molecule has 1 aliphatic heterocycles. The molecule has 158 valence electrons. The molecule has 1 heterocycles. The van der Waals surface area contributed by atoms with Gasteiger partial charge in [0, 0.05) is 24.6 Å². The van der Waals surface area contributed by atoms with Crippen molar-refractivity contribution in [3.63, 3.8) is 0 Å². The summed E-state index contributed by atoms with van der Waals surface area (Å²) >= 11 is 0. The summed E-state index contributed by atoms with van der Waals surface area (Å²) in [6.45, 7) is 4.69. The summed E-state index contributed by atoms with van der Waals surface area (Å²) in [7, 11) is 0. The number of nitrogens with zero attached hydrogens (tertiary/aromatic N) is 1. The van der Waals surface area contributed by atoms with E-state index >= 15 is 0 Å². The molecule has 0 aromatic heterocycles. The Morgan fingerprint density at radius 2 is 2.07 bits per heavy atom. The maximum absolute atomic E-state index is 13.1. The van der Waals surface area contributed by atoms with E-state index in [1.807, 2.05) is 4.90 Å². The van der Waals surface area contributed by atoms with Gasteiger partial charge in [-0.05, 0) is 62.6 Å². The summed E-state index contributed by atoms with van der Waals surface area (Å²) in [5.41, 5.74) is 2.37. The molecule has 0 spiro atoms. The largest absolute Gasteiger partial charge is 0.491 e. The van der Waals surface area contributed by atoms with Gasteiger partial charge in [0.25, 0.3) is 0 Å². The zero-order chi connectivity index (χ0) is 20.1. The summed E-state index contributed by atoms with van der Waals surface area (Å²) in [4.78, 5) is 15.1. The van der Waals surface area contributed by atoms with Crippen LogP contribution in [0.15, 0.2) is 30.4 Å². The quantitative estimate of drug-likeness (QED) is 0.623. The Morgan fingerprint density at radius 3 is 2.83 bits per heavy atom. The van der Waals surface area contributed by atoms with Crippen LogP contribution in [0, 0.1) is 11.8 Å². The van der Waals surface area contributed by atoms with E-state index in [2.05, 4.69) is 37.3 Å². The highest BCUT2D eigenvalue weighted by molar-refractivity contribution is 5.79. The van der Waals surface area contributed by atoms with Crippen LogP contribution in [0.2, 0.25) is 0 Å². The normalized spacial score (nSPS) is 23.8. The fourth-order valence-electron chi connectivity index (χ4n) is 5.18. The van der Waals surface area contributed by atoms with E-state index in [4.69, 9.17) is 9.47 Å². The van der Waals surface area contributed by atoms with Crippen LogP contribution in [-0.2, 0) is 16.1 Å². The second kappa shape index (κ2) is 9.80. The minimum Gasteiger partial charge on any atom is -0.491 e. The van der Waals surface area contributed by atoms with Gasteiger partial charge < -0.3 is 14.4 Å². The fourth-order valence-corrected chi connectivity index (χ4v) is 5.18. The molecule has 1 aromatic carbocycles. The monoisotopic (exact) mass is 397 g/mol. The van der Waals surface area contributed by atoms with Crippen molar-refractivity contribution >= 4 is 5.91 Å². The van der Waals surface area contributed by atoms with Crippen LogP contribution in [0.3, 0.4) is 0 Å². The second-order valence-electron chi connectivity index (χ2n) is 8.73. The number of hydrogen-bond donors (Lipinski definition) is 0. The third-order valence-corrected chi connectivity index (χ3v) is 6.75. The number of fused-ring (bicyclic) bond motifs is 1. The molecular formula is C25H35NO3. The maximum Gasteiger partial charge on any atom is 0.226 e. The lowest BCUT2D eigenvalue weighted by atomic mass is 9.82. The molecule has 1 amide bonds. The standard InChI is InChI=1S/C25H35NO3/c1-2-28-24(19-9-5-3-6-10-19)21-13-14-23-22(17-21)18-26(15-16-29-23)25(27)20-11-7-4-8-12-20/h4,7,13-14,17,19-20,24H,2-3,5-6,8-12,15-16,18H2,1H3. The van der Waals surface area contributed by atoms with E-state index in [9.17, 15) is 4.79 Å². The highest BCUT2D eigenvalue weighted by Crippen LogP contribution is 2.38. The van der Waals surface area contributed by atoms with Gasteiger partial charge in [-0.3, -0.25) is 4.79 Å². The molecule has 1 fully saturated rings. The lowest BCUT2D eigenvalue weighted by Gasteiger charge is -2.31. The van der Waals surface area contributed by atoms with Crippen LogP contribution in [0.1, 0.15) is 75.5 Å². The van der Waals surface area contributed by atoms with E-state index in [0.717, 1.165) is 37.2 Å². The van der Waals surface area contributed by atoms with Crippen molar-refractivity contribution in [3.05, 3.63) is 41.5 Å². The first-order valence-electron chi connectivity index (χ1n) is 11.6. The van der Waals surface area contributed by atoms with Gasteiger partial charge in [-0.1, -0.05) is 37.5 Å². The molecule has 0 radical (unpaired) electrons. The van der Waals surface area contributed by atoms with E-state index in [0.29, 0.717) is 25.6 Å². The first-order valence-corrected chi connectivity index (χ1v) is 11.6. The number of hydrogen-bond acceptors (Lipinski definition) is 3. The average Bonchev–Trinajstić information content (AvgIpc) is 3.00. The molecule has 4 rings (SSSR count). The van der Waals surface area contributed by atoms with E-state index in [-0.39, 0.29) is 17.9 Å². The van der Waals surface area contributed by atoms with Gasteiger partial charge in [-0.25, -0.2) is 0 Å². The number of rotatable bonds is 5. The summed E-state index contributed by atoms with van der Waals surface area (Å²) in [5.74, 6) is 1.93. The summed E-state index contributed by atoms with van der Waals surface area (Å²) in [6.07, 6.45) is 13.8. The third-order valence-electron chi connectivity index (χ3n) is 6.75. The molecule has 0 N–H and O–H groups in total. The topological polar surface area (TPSA) is 38.8 Å². The molecule has 4 heteroatoms. The predicted octanol–water partition coefficient (Wildman–Crippen LogP) is 5.42. The first-order chi connectivity index (χ1) is 14.3. The van der Waals surface area contributed by atoms with Crippen molar-refractivity contribution in [2.75, 3.05) is 19.8 Å². The van der Waals surface area contributed by atoms with Crippen molar-refractivity contribution in [1.29, 1.82) is 0 Å². The van der Waals surface area contributed by atoms with Crippen LogP contribution < -0.4 is 4.74 Å². The Balaban J connectivity index is 1.54. The second-order valence-corrected chi connectivity index (χ2v) is 8.73. The van der Waals surface area contributed by atoms with E-state index < -0.39 is 0 Å². The number of carbonyl (C=O) groups is 1.